The van der Waals surface area contributed by atoms with Gasteiger partial charge in [-0.25, -0.2) is 0 Å². The molecule has 0 bridgehead atoms. The first-order valence-electron chi connectivity index (χ1n) is 6.50. The van der Waals surface area contributed by atoms with Gasteiger partial charge in [-0.3, -0.25) is 9.69 Å². The zero-order chi connectivity index (χ0) is 15.7. The maximum Gasteiger partial charge on any atom is 0.238 e. The van der Waals surface area contributed by atoms with Gasteiger partial charge in [0.15, 0.2) is 0 Å². The average molecular weight is 311 g/mol. The molecule has 0 aliphatic rings. The summed E-state index contributed by atoms with van der Waals surface area (Å²) in [6.45, 7) is 1.75. The van der Waals surface area contributed by atoms with Crippen molar-refractivity contribution in [3.05, 3.63) is 23.2 Å². The van der Waals surface area contributed by atoms with Crippen LogP contribution < -0.4 is 11.1 Å². The van der Waals surface area contributed by atoms with Gasteiger partial charge < -0.3 is 15.8 Å². The summed E-state index contributed by atoms with van der Waals surface area (Å²) in [5, 5.41) is 11.8. The topological polar surface area (TPSA) is 91.4 Å². The lowest BCUT2D eigenvalue weighted by atomic mass is 10.2. The van der Waals surface area contributed by atoms with Gasteiger partial charge in [-0.05, 0) is 18.2 Å². The molecule has 1 rings (SSSR count). The molecule has 0 spiro atoms. The summed E-state index contributed by atoms with van der Waals surface area (Å²) in [7, 11) is 1.59. The number of carbonyl (C=O) groups excluding carboxylic acids is 1. The number of nitriles is 1. The molecule has 21 heavy (non-hydrogen) atoms. The van der Waals surface area contributed by atoms with Crippen LogP contribution in [0, 0.1) is 11.3 Å². The lowest BCUT2D eigenvalue weighted by Gasteiger charge is -2.20. The molecule has 0 atom stereocenters. The molecule has 0 heterocycles. The van der Waals surface area contributed by atoms with Crippen molar-refractivity contribution >= 4 is 28.9 Å². The third kappa shape index (κ3) is 6.45. The molecular formula is C14H19ClN4O2. The SMILES string of the molecule is COCCN(CCC#N)CC(=O)Nc1cc(N)ccc1Cl. The fraction of sp³-hybridized carbons (Fsp3) is 0.429. The number of ether oxygens (including phenoxy) is 1. The Bertz CT molecular complexity index is 516. The molecule has 1 amide bonds. The minimum atomic E-state index is -0.212. The van der Waals surface area contributed by atoms with Crippen LogP contribution >= 0.6 is 11.6 Å². The van der Waals surface area contributed by atoms with Gasteiger partial charge in [-0.1, -0.05) is 11.6 Å². The Morgan fingerprint density at radius 3 is 2.95 bits per heavy atom. The fourth-order valence-corrected chi connectivity index (χ4v) is 1.89. The van der Waals surface area contributed by atoms with Crippen LogP contribution in [0.4, 0.5) is 11.4 Å². The third-order valence-corrected chi connectivity index (χ3v) is 3.11. The van der Waals surface area contributed by atoms with Crippen LogP contribution in [0.1, 0.15) is 6.42 Å². The van der Waals surface area contributed by atoms with Crippen LogP contribution in [0.15, 0.2) is 18.2 Å². The minimum Gasteiger partial charge on any atom is -0.399 e. The summed E-state index contributed by atoms with van der Waals surface area (Å²) in [5.41, 5.74) is 6.67. The Labute approximate surface area is 129 Å². The quantitative estimate of drug-likeness (QED) is 0.713. The zero-order valence-corrected chi connectivity index (χ0v) is 12.7. The second-order valence-corrected chi connectivity index (χ2v) is 4.87. The van der Waals surface area contributed by atoms with E-state index < -0.39 is 0 Å². The van der Waals surface area contributed by atoms with E-state index in [0.29, 0.717) is 42.5 Å². The number of nitrogen functional groups attached to an aromatic ring is 1. The first kappa shape index (κ1) is 17.2. The van der Waals surface area contributed by atoms with Crippen molar-refractivity contribution in [2.45, 2.75) is 6.42 Å². The zero-order valence-electron chi connectivity index (χ0n) is 11.9. The Morgan fingerprint density at radius 1 is 1.52 bits per heavy atom. The molecule has 6 nitrogen and oxygen atoms in total. The predicted octanol–water partition coefficient (Wildman–Crippen LogP) is 1.72. The second-order valence-electron chi connectivity index (χ2n) is 4.46. The first-order valence-corrected chi connectivity index (χ1v) is 6.87. The Hall–Kier alpha value is -1.81. The minimum absolute atomic E-state index is 0.163. The van der Waals surface area contributed by atoms with Crippen LogP contribution in [0.2, 0.25) is 5.02 Å². The molecule has 1 aromatic carbocycles. The molecule has 0 aromatic heterocycles. The monoisotopic (exact) mass is 310 g/mol. The second kappa shape index (κ2) is 9.19. The van der Waals surface area contributed by atoms with E-state index >= 15 is 0 Å². The molecule has 0 fully saturated rings. The molecule has 3 N–H and O–H groups in total. The summed E-state index contributed by atoms with van der Waals surface area (Å²) in [6.07, 6.45) is 0.357. The standard InChI is InChI=1S/C14H19ClN4O2/c1-21-8-7-19(6-2-5-16)10-14(20)18-13-9-11(17)3-4-12(13)15/h3-4,9H,2,6-8,10,17H2,1H3,(H,18,20). The highest BCUT2D eigenvalue weighted by atomic mass is 35.5. The number of amides is 1. The predicted molar refractivity (Wildman–Crippen MR) is 83.0 cm³/mol. The summed E-state index contributed by atoms with van der Waals surface area (Å²) in [6, 6.07) is 6.96. The lowest BCUT2D eigenvalue weighted by molar-refractivity contribution is -0.117. The maximum atomic E-state index is 12.0. The molecule has 114 valence electrons. The number of anilines is 2. The number of nitrogens with zero attached hydrogens (tertiary/aromatic N) is 2. The average Bonchev–Trinajstić information content (AvgIpc) is 2.45. The summed E-state index contributed by atoms with van der Waals surface area (Å²) >= 11 is 6.00. The van der Waals surface area contributed by atoms with Crippen LogP contribution in [0.5, 0.6) is 0 Å². The van der Waals surface area contributed by atoms with Gasteiger partial charge in [0.1, 0.15) is 0 Å². The molecule has 0 saturated heterocycles. The number of hydrogen-bond donors (Lipinski definition) is 2. The van der Waals surface area contributed by atoms with Gasteiger partial charge in [-0.2, -0.15) is 5.26 Å². The Morgan fingerprint density at radius 2 is 2.29 bits per heavy atom. The van der Waals surface area contributed by atoms with Crippen molar-refractivity contribution in [2.24, 2.45) is 0 Å². The maximum absolute atomic E-state index is 12.0. The van der Waals surface area contributed by atoms with Crippen LogP contribution in [-0.4, -0.2) is 44.2 Å². The number of methoxy groups -OCH3 is 1. The molecule has 0 aliphatic carbocycles. The summed E-state index contributed by atoms with van der Waals surface area (Å²) in [5.74, 6) is -0.212. The fourth-order valence-electron chi connectivity index (χ4n) is 1.73. The van der Waals surface area contributed by atoms with Crippen LogP contribution in [0.3, 0.4) is 0 Å². The number of benzene rings is 1. The smallest absolute Gasteiger partial charge is 0.238 e. The van der Waals surface area contributed by atoms with E-state index in [9.17, 15) is 4.79 Å². The van der Waals surface area contributed by atoms with Crippen molar-refractivity contribution in [3.8, 4) is 6.07 Å². The van der Waals surface area contributed by atoms with E-state index in [2.05, 4.69) is 11.4 Å². The Balaban J connectivity index is 2.60. The van der Waals surface area contributed by atoms with Gasteiger partial charge in [-0.15, -0.1) is 0 Å². The van der Waals surface area contributed by atoms with Gasteiger partial charge in [0.25, 0.3) is 0 Å². The Kier molecular flexibility index (Phi) is 7.54. The van der Waals surface area contributed by atoms with E-state index in [1.165, 1.54) is 0 Å². The van der Waals surface area contributed by atoms with E-state index in [4.69, 9.17) is 27.3 Å². The first-order chi connectivity index (χ1) is 10.1. The van der Waals surface area contributed by atoms with E-state index in [1.807, 2.05) is 4.90 Å². The van der Waals surface area contributed by atoms with Gasteiger partial charge in [0, 0.05) is 32.3 Å². The molecule has 1 aromatic rings. The number of nitrogens with two attached hydrogens (primary N) is 1. The highest BCUT2D eigenvalue weighted by Gasteiger charge is 2.12. The highest BCUT2D eigenvalue weighted by molar-refractivity contribution is 6.33. The molecular weight excluding hydrogens is 292 g/mol. The largest absolute Gasteiger partial charge is 0.399 e. The van der Waals surface area contributed by atoms with Crippen LogP contribution in [0.25, 0.3) is 0 Å². The van der Waals surface area contributed by atoms with Gasteiger partial charge in [0.2, 0.25) is 5.91 Å². The van der Waals surface area contributed by atoms with E-state index in [0.717, 1.165) is 0 Å². The van der Waals surface area contributed by atoms with Crippen molar-refractivity contribution in [1.29, 1.82) is 5.26 Å². The van der Waals surface area contributed by atoms with Crippen molar-refractivity contribution in [1.82, 2.24) is 4.90 Å². The highest BCUT2D eigenvalue weighted by Crippen LogP contribution is 2.23. The van der Waals surface area contributed by atoms with Crippen LogP contribution in [-0.2, 0) is 9.53 Å². The number of halogens is 1. The molecule has 7 heteroatoms. The molecule has 0 radical (unpaired) electrons. The molecule has 0 aliphatic heterocycles. The normalized spacial score (nSPS) is 10.4. The summed E-state index contributed by atoms with van der Waals surface area (Å²) < 4.78 is 4.99. The van der Waals surface area contributed by atoms with Crippen molar-refractivity contribution in [2.75, 3.05) is 44.4 Å². The van der Waals surface area contributed by atoms with E-state index in [-0.39, 0.29) is 12.5 Å². The van der Waals surface area contributed by atoms with Gasteiger partial charge >= 0.3 is 0 Å². The lowest BCUT2D eigenvalue weighted by Crippen LogP contribution is -2.36. The number of nitrogens with one attached hydrogen (secondary N) is 1. The number of hydrogen-bond acceptors (Lipinski definition) is 5. The van der Waals surface area contributed by atoms with Crippen molar-refractivity contribution < 1.29 is 9.53 Å². The molecule has 0 unspecified atom stereocenters. The van der Waals surface area contributed by atoms with Gasteiger partial charge in [0.05, 0.1) is 29.9 Å². The molecule has 0 saturated carbocycles. The third-order valence-electron chi connectivity index (χ3n) is 2.78. The number of carbonyl (C=O) groups is 1. The van der Waals surface area contributed by atoms with E-state index in [1.54, 1.807) is 25.3 Å². The number of rotatable bonds is 8. The summed E-state index contributed by atoms with van der Waals surface area (Å²) in [4.78, 5) is 13.9. The van der Waals surface area contributed by atoms with Crippen molar-refractivity contribution in [3.63, 3.8) is 0 Å².